The van der Waals surface area contributed by atoms with Crippen molar-refractivity contribution in [3.8, 4) is 0 Å². The summed E-state index contributed by atoms with van der Waals surface area (Å²) in [5, 5.41) is 14.2. The Balaban J connectivity index is 1.70. The number of aryl methyl sites for hydroxylation is 1. The van der Waals surface area contributed by atoms with Gasteiger partial charge in [-0.05, 0) is 48.2 Å². The normalized spacial score (nSPS) is 11.2. The molecule has 0 aliphatic heterocycles. The fourth-order valence-electron chi connectivity index (χ4n) is 2.65. The Labute approximate surface area is 171 Å². The quantitative estimate of drug-likeness (QED) is 0.298. The largest absolute Gasteiger partial charge is 0.298 e. The van der Waals surface area contributed by atoms with Crippen molar-refractivity contribution in [2.75, 3.05) is 5.32 Å². The standard InChI is InChI=1S/C20H18ClN3O3S/c1-2-3-4-13-6-9-16-18(12-13)28-20(22-16)23-19(25)10-7-14-5-8-15(21)17(11-14)24(26)27/h5-12H,2-4H2,1H3,(H,22,23,25)/b10-7+. The molecule has 0 spiro atoms. The fourth-order valence-corrected chi connectivity index (χ4v) is 3.77. The first-order valence-electron chi connectivity index (χ1n) is 8.78. The lowest BCUT2D eigenvalue weighted by atomic mass is 10.1. The highest BCUT2D eigenvalue weighted by Crippen LogP contribution is 2.28. The number of halogens is 1. The number of unbranched alkanes of at least 4 members (excludes halogenated alkanes) is 1. The summed E-state index contributed by atoms with van der Waals surface area (Å²) in [5.41, 5.74) is 2.42. The Morgan fingerprint density at radius 1 is 1.32 bits per heavy atom. The Morgan fingerprint density at radius 2 is 2.14 bits per heavy atom. The summed E-state index contributed by atoms with van der Waals surface area (Å²) in [4.78, 5) is 27.0. The molecule has 0 saturated carbocycles. The van der Waals surface area contributed by atoms with Crippen molar-refractivity contribution in [1.82, 2.24) is 4.98 Å². The Morgan fingerprint density at radius 3 is 2.89 bits per heavy atom. The number of nitro benzene ring substituents is 1. The molecule has 6 nitrogen and oxygen atoms in total. The Kier molecular flexibility index (Phi) is 6.38. The number of fused-ring (bicyclic) bond motifs is 1. The molecule has 1 aromatic heterocycles. The van der Waals surface area contributed by atoms with E-state index in [4.69, 9.17) is 11.6 Å². The van der Waals surface area contributed by atoms with Gasteiger partial charge in [0.2, 0.25) is 5.91 Å². The van der Waals surface area contributed by atoms with Crippen molar-refractivity contribution < 1.29 is 9.72 Å². The van der Waals surface area contributed by atoms with E-state index in [1.54, 1.807) is 6.07 Å². The molecular formula is C20H18ClN3O3S. The van der Waals surface area contributed by atoms with Crippen LogP contribution in [0.25, 0.3) is 16.3 Å². The van der Waals surface area contributed by atoms with Gasteiger partial charge in [-0.15, -0.1) is 0 Å². The number of thiazole rings is 1. The molecule has 3 rings (SSSR count). The first kappa shape index (κ1) is 20.0. The minimum absolute atomic E-state index is 0.0550. The third-order valence-corrected chi connectivity index (χ3v) is 5.35. The molecule has 3 aromatic rings. The number of benzene rings is 2. The maximum absolute atomic E-state index is 12.2. The van der Waals surface area contributed by atoms with Crippen LogP contribution in [-0.2, 0) is 11.2 Å². The molecule has 0 aliphatic carbocycles. The van der Waals surface area contributed by atoms with Gasteiger partial charge >= 0.3 is 0 Å². The Bertz CT molecular complexity index is 1060. The molecule has 1 N–H and O–H groups in total. The summed E-state index contributed by atoms with van der Waals surface area (Å²) in [5.74, 6) is -0.358. The number of anilines is 1. The average molecular weight is 416 g/mol. The highest BCUT2D eigenvalue weighted by molar-refractivity contribution is 7.22. The number of nitrogens with zero attached hydrogens (tertiary/aromatic N) is 2. The molecule has 0 bridgehead atoms. The fraction of sp³-hybridized carbons (Fsp3) is 0.200. The van der Waals surface area contributed by atoms with Gasteiger partial charge in [0, 0.05) is 12.1 Å². The van der Waals surface area contributed by atoms with Crippen LogP contribution >= 0.6 is 22.9 Å². The van der Waals surface area contributed by atoms with E-state index >= 15 is 0 Å². The first-order valence-corrected chi connectivity index (χ1v) is 9.98. The number of nitrogens with one attached hydrogen (secondary N) is 1. The number of hydrogen-bond acceptors (Lipinski definition) is 5. The monoisotopic (exact) mass is 415 g/mol. The van der Waals surface area contributed by atoms with Crippen LogP contribution in [0.15, 0.2) is 42.5 Å². The minimum Gasteiger partial charge on any atom is -0.298 e. The topological polar surface area (TPSA) is 85.1 Å². The van der Waals surface area contributed by atoms with Crippen molar-refractivity contribution in [1.29, 1.82) is 0 Å². The molecule has 0 saturated heterocycles. The maximum Gasteiger partial charge on any atom is 0.288 e. The molecule has 0 unspecified atom stereocenters. The second-order valence-corrected chi connectivity index (χ2v) is 7.65. The SMILES string of the molecule is CCCCc1ccc2nc(NC(=O)/C=C/c3ccc(Cl)c([N+](=O)[O-])c3)sc2c1. The van der Waals surface area contributed by atoms with Gasteiger partial charge < -0.3 is 0 Å². The van der Waals surface area contributed by atoms with E-state index in [2.05, 4.69) is 29.4 Å². The van der Waals surface area contributed by atoms with Gasteiger partial charge in [0.05, 0.1) is 15.1 Å². The van der Waals surface area contributed by atoms with E-state index in [-0.39, 0.29) is 16.6 Å². The van der Waals surface area contributed by atoms with Gasteiger partial charge in [0.25, 0.3) is 5.69 Å². The van der Waals surface area contributed by atoms with E-state index in [1.807, 2.05) is 6.07 Å². The maximum atomic E-state index is 12.2. The van der Waals surface area contributed by atoms with Gasteiger partial charge in [0.1, 0.15) is 5.02 Å². The summed E-state index contributed by atoms with van der Waals surface area (Å²) in [6.07, 6.45) is 6.12. The highest BCUT2D eigenvalue weighted by Gasteiger charge is 2.12. The highest BCUT2D eigenvalue weighted by atomic mass is 35.5. The molecule has 8 heteroatoms. The van der Waals surface area contributed by atoms with Crippen LogP contribution in [0.3, 0.4) is 0 Å². The van der Waals surface area contributed by atoms with Crippen LogP contribution in [0.4, 0.5) is 10.8 Å². The van der Waals surface area contributed by atoms with Gasteiger partial charge in [-0.3, -0.25) is 20.2 Å². The van der Waals surface area contributed by atoms with Crippen LogP contribution in [0.2, 0.25) is 5.02 Å². The van der Waals surface area contributed by atoms with Crippen molar-refractivity contribution in [2.24, 2.45) is 0 Å². The lowest BCUT2D eigenvalue weighted by molar-refractivity contribution is -0.384. The van der Waals surface area contributed by atoms with E-state index in [1.165, 1.54) is 41.2 Å². The van der Waals surface area contributed by atoms with Gasteiger partial charge in [-0.25, -0.2) is 4.98 Å². The molecule has 0 atom stereocenters. The number of carbonyl (C=O) groups excluding carboxylic acids is 1. The number of aromatic nitrogens is 1. The van der Waals surface area contributed by atoms with Crippen molar-refractivity contribution >= 4 is 56.0 Å². The molecular weight excluding hydrogens is 398 g/mol. The van der Waals surface area contributed by atoms with Gasteiger partial charge in [-0.2, -0.15) is 0 Å². The lowest BCUT2D eigenvalue weighted by Crippen LogP contribution is -2.07. The van der Waals surface area contributed by atoms with Crippen LogP contribution in [-0.4, -0.2) is 15.8 Å². The summed E-state index contributed by atoms with van der Waals surface area (Å²) in [7, 11) is 0. The van der Waals surface area contributed by atoms with E-state index in [9.17, 15) is 14.9 Å². The predicted molar refractivity (Wildman–Crippen MR) is 114 cm³/mol. The zero-order valence-corrected chi connectivity index (χ0v) is 16.7. The van der Waals surface area contributed by atoms with E-state index < -0.39 is 4.92 Å². The van der Waals surface area contributed by atoms with Crippen molar-refractivity contribution in [2.45, 2.75) is 26.2 Å². The zero-order chi connectivity index (χ0) is 20.1. The molecule has 2 aromatic carbocycles. The summed E-state index contributed by atoms with van der Waals surface area (Å²) >= 11 is 7.21. The third kappa shape index (κ3) is 4.94. The number of carbonyl (C=O) groups is 1. The van der Waals surface area contributed by atoms with Crippen LogP contribution < -0.4 is 5.32 Å². The van der Waals surface area contributed by atoms with Crippen LogP contribution in [0.5, 0.6) is 0 Å². The molecule has 1 amide bonds. The molecule has 1 heterocycles. The molecule has 28 heavy (non-hydrogen) atoms. The summed E-state index contributed by atoms with van der Waals surface area (Å²) in [6, 6.07) is 10.5. The van der Waals surface area contributed by atoms with E-state index in [0.29, 0.717) is 10.7 Å². The number of rotatable bonds is 7. The Hall–Kier alpha value is -2.77. The van der Waals surface area contributed by atoms with Crippen LogP contribution in [0, 0.1) is 10.1 Å². The average Bonchev–Trinajstić information content (AvgIpc) is 3.06. The molecule has 0 aliphatic rings. The number of amides is 1. The second kappa shape index (κ2) is 8.95. The predicted octanol–water partition coefficient (Wildman–Crippen LogP) is 5.85. The molecule has 0 fully saturated rings. The van der Waals surface area contributed by atoms with Gasteiger partial charge in [-0.1, -0.05) is 48.4 Å². The zero-order valence-electron chi connectivity index (χ0n) is 15.1. The first-order chi connectivity index (χ1) is 13.5. The second-order valence-electron chi connectivity index (χ2n) is 6.22. The minimum atomic E-state index is -0.560. The van der Waals surface area contributed by atoms with E-state index in [0.717, 1.165) is 29.5 Å². The number of nitro groups is 1. The third-order valence-electron chi connectivity index (χ3n) is 4.10. The smallest absolute Gasteiger partial charge is 0.288 e. The lowest BCUT2D eigenvalue weighted by Gasteiger charge is -1.98. The molecule has 0 radical (unpaired) electrons. The van der Waals surface area contributed by atoms with Crippen molar-refractivity contribution in [3.63, 3.8) is 0 Å². The summed E-state index contributed by atoms with van der Waals surface area (Å²) < 4.78 is 1.03. The number of hydrogen-bond donors (Lipinski definition) is 1. The van der Waals surface area contributed by atoms with Crippen LogP contribution in [0.1, 0.15) is 30.9 Å². The summed E-state index contributed by atoms with van der Waals surface area (Å²) in [6.45, 7) is 2.16. The van der Waals surface area contributed by atoms with Crippen molar-refractivity contribution in [3.05, 3.63) is 68.7 Å². The molecule has 144 valence electrons. The van der Waals surface area contributed by atoms with Gasteiger partial charge in [0.15, 0.2) is 5.13 Å².